The molecule has 0 radical (unpaired) electrons. The Labute approximate surface area is 255 Å². The molecule has 10 heteroatoms. The highest BCUT2D eigenvalue weighted by molar-refractivity contribution is 9.10. The number of carbonyl (C=O) groups excluding carboxylic acids is 1. The zero-order valence-electron chi connectivity index (χ0n) is 23.3. The molecule has 3 aromatic carbocycles. The monoisotopic (exact) mass is 648 g/mol. The number of halogens is 1. The number of rotatable bonds is 10. The molecule has 8 nitrogen and oxygen atoms in total. The van der Waals surface area contributed by atoms with Crippen LogP contribution in [0.15, 0.2) is 92.8 Å². The molecule has 5 rings (SSSR count). The number of nitrogens with zero attached hydrogens (tertiary/aromatic N) is 2. The number of hydrogen-bond acceptors (Lipinski definition) is 8. The quantitative estimate of drug-likeness (QED) is 0.221. The van der Waals surface area contributed by atoms with Gasteiger partial charge in [-0.05, 0) is 73.0 Å². The second-order valence-corrected chi connectivity index (χ2v) is 11.2. The number of ether oxygens (including phenoxy) is 4. The number of methoxy groups -OCH3 is 1. The van der Waals surface area contributed by atoms with Gasteiger partial charge < -0.3 is 18.9 Å². The number of esters is 1. The molecule has 42 heavy (non-hydrogen) atoms. The molecule has 2 heterocycles. The highest BCUT2D eigenvalue weighted by atomic mass is 79.9. The van der Waals surface area contributed by atoms with E-state index in [4.69, 9.17) is 18.9 Å². The molecule has 0 amide bonds. The van der Waals surface area contributed by atoms with E-state index in [9.17, 15) is 9.59 Å². The third-order valence-electron chi connectivity index (χ3n) is 6.48. The van der Waals surface area contributed by atoms with Crippen LogP contribution in [0.5, 0.6) is 17.2 Å². The van der Waals surface area contributed by atoms with Crippen molar-refractivity contribution in [2.45, 2.75) is 26.5 Å². The molecular formula is C32H29BrN2O6S. The van der Waals surface area contributed by atoms with Crippen molar-refractivity contribution in [1.82, 2.24) is 4.57 Å². The fourth-order valence-corrected chi connectivity index (χ4v) is 5.81. The molecule has 0 fully saturated rings. The molecule has 216 valence electrons. The summed E-state index contributed by atoms with van der Waals surface area (Å²) in [5, 5.41) is 0. The van der Waals surface area contributed by atoms with Gasteiger partial charge in [-0.1, -0.05) is 57.6 Å². The van der Waals surface area contributed by atoms with Crippen LogP contribution in [-0.4, -0.2) is 30.9 Å². The number of fused-ring (bicyclic) bond motifs is 1. The Morgan fingerprint density at radius 1 is 1.00 bits per heavy atom. The second kappa shape index (κ2) is 13.2. The average molecular weight is 650 g/mol. The Hall–Kier alpha value is -4.15. The summed E-state index contributed by atoms with van der Waals surface area (Å²) in [5.74, 6) is 1.23. The number of hydrogen-bond donors (Lipinski definition) is 0. The van der Waals surface area contributed by atoms with Crippen molar-refractivity contribution < 1.29 is 23.7 Å². The van der Waals surface area contributed by atoms with Crippen LogP contribution in [0.1, 0.15) is 36.6 Å². The lowest BCUT2D eigenvalue weighted by Gasteiger charge is -2.23. The zero-order chi connectivity index (χ0) is 29.6. The Morgan fingerprint density at radius 2 is 1.76 bits per heavy atom. The minimum atomic E-state index is -0.758. The van der Waals surface area contributed by atoms with Gasteiger partial charge in [0.05, 0.1) is 36.5 Å². The molecule has 0 unspecified atom stereocenters. The van der Waals surface area contributed by atoms with E-state index in [1.54, 1.807) is 18.2 Å². The van der Waals surface area contributed by atoms with E-state index >= 15 is 0 Å². The van der Waals surface area contributed by atoms with Crippen LogP contribution in [0.3, 0.4) is 0 Å². The van der Waals surface area contributed by atoms with Gasteiger partial charge in [-0.3, -0.25) is 9.36 Å². The van der Waals surface area contributed by atoms with E-state index in [2.05, 4.69) is 20.9 Å². The molecule has 0 bridgehead atoms. The first-order valence-corrected chi connectivity index (χ1v) is 15.0. The van der Waals surface area contributed by atoms with Crippen molar-refractivity contribution in [3.05, 3.63) is 119 Å². The van der Waals surface area contributed by atoms with E-state index in [1.165, 1.54) is 29.2 Å². The third kappa shape index (κ3) is 6.34. The summed E-state index contributed by atoms with van der Waals surface area (Å²) in [6.45, 7) is 5.09. The van der Waals surface area contributed by atoms with Gasteiger partial charge in [0, 0.05) is 10.7 Å². The summed E-state index contributed by atoms with van der Waals surface area (Å²) in [6.07, 6.45) is 3.28. The van der Waals surface area contributed by atoms with Gasteiger partial charge in [-0.25, -0.2) is 9.79 Å². The minimum Gasteiger partial charge on any atom is -0.490 e. The predicted octanol–water partition coefficient (Wildman–Crippen LogP) is 5.16. The SMILES string of the molecule is CCOc1ccc([C@@H]2C(C(=O)OC)=CN=c3s/c(=C/c4cccc(OCc5ccc(Br)cc5)c4)c(=O)n32)cc1OCC. The fourth-order valence-electron chi connectivity index (χ4n) is 4.58. The average Bonchev–Trinajstić information content (AvgIpc) is 3.32. The van der Waals surface area contributed by atoms with Gasteiger partial charge in [-0.2, -0.15) is 0 Å². The van der Waals surface area contributed by atoms with Crippen LogP contribution in [0.25, 0.3) is 6.08 Å². The molecule has 0 spiro atoms. The molecule has 0 aliphatic carbocycles. The van der Waals surface area contributed by atoms with Crippen LogP contribution in [0.2, 0.25) is 0 Å². The topological polar surface area (TPSA) is 88.4 Å². The summed E-state index contributed by atoms with van der Waals surface area (Å²) in [7, 11) is 1.31. The summed E-state index contributed by atoms with van der Waals surface area (Å²) < 4.78 is 25.6. The minimum absolute atomic E-state index is 0.242. The number of thiazole rings is 1. The van der Waals surface area contributed by atoms with Crippen LogP contribution < -0.4 is 29.1 Å². The largest absolute Gasteiger partial charge is 0.490 e. The van der Waals surface area contributed by atoms with Crippen molar-refractivity contribution in [1.29, 1.82) is 0 Å². The van der Waals surface area contributed by atoms with Gasteiger partial charge in [0.2, 0.25) is 0 Å². The third-order valence-corrected chi connectivity index (χ3v) is 8.01. The summed E-state index contributed by atoms with van der Waals surface area (Å²) >= 11 is 4.69. The second-order valence-electron chi connectivity index (χ2n) is 9.24. The fraction of sp³-hybridized carbons (Fsp3) is 0.219. The van der Waals surface area contributed by atoms with Crippen molar-refractivity contribution in [2.75, 3.05) is 20.3 Å². The Kier molecular flexibility index (Phi) is 9.24. The maximum Gasteiger partial charge on any atom is 0.337 e. The molecule has 1 aromatic heterocycles. The van der Waals surface area contributed by atoms with Crippen LogP contribution in [0.4, 0.5) is 0 Å². The van der Waals surface area contributed by atoms with E-state index in [1.807, 2.05) is 68.4 Å². The standard InChI is InChI=1S/C32H29BrN2O6S/c1-4-39-26-14-11-22(17-27(26)40-5-2)29-25(31(37)38-3)18-34-32-35(29)30(36)28(42-32)16-21-7-6-8-24(15-21)41-19-20-9-12-23(33)13-10-20/h6-18,29H,4-5,19H2,1-3H3/b28-16+/t29-/m1/s1. The molecule has 0 saturated heterocycles. The summed E-state index contributed by atoms with van der Waals surface area (Å²) in [5.41, 5.74) is 2.49. The van der Waals surface area contributed by atoms with Crippen molar-refractivity contribution in [2.24, 2.45) is 4.99 Å². The predicted molar refractivity (Wildman–Crippen MR) is 165 cm³/mol. The maximum atomic E-state index is 13.9. The van der Waals surface area contributed by atoms with Crippen LogP contribution in [-0.2, 0) is 16.1 Å². The lowest BCUT2D eigenvalue weighted by atomic mass is 9.97. The van der Waals surface area contributed by atoms with Crippen LogP contribution in [0, 0.1) is 0 Å². The molecule has 1 aliphatic heterocycles. The molecule has 0 saturated carbocycles. The van der Waals surface area contributed by atoms with Gasteiger partial charge in [0.1, 0.15) is 12.4 Å². The van der Waals surface area contributed by atoms with Gasteiger partial charge >= 0.3 is 5.97 Å². The van der Waals surface area contributed by atoms with Gasteiger partial charge in [-0.15, -0.1) is 0 Å². The van der Waals surface area contributed by atoms with Crippen molar-refractivity contribution >= 4 is 39.3 Å². The highest BCUT2D eigenvalue weighted by Crippen LogP contribution is 2.35. The summed E-state index contributed by atoms with van der Waals surface area (Å²) in [4.78, 5) is 31.6. The van der Waals surface area contributed by atoms with Gasteiger partial charge in [0.25, 0.3) is 5.56 Å². The first-order chi connectivity index (χ1) is 20.4. The maximum absolute atomic E-state index is 13.9. The Bertz CT molecular complexity index is 1810. The molecule has 0 N–H and O–H groups in total. The van der Waals surface area contributed by atoms with E-state index < -0.39 is 12.0 Å². The Balaban J connectivity index is 1.53. The molecule has 4 aromatic rings. The smallest absolute Gasteiger partial charge is 0.337 e. The molecular weight excluding hydrogens is 620 g/mol. The van der Waals surface area contributed by atoms with E-state index in [0.29, 0.717) is 52.0 Å². The molecule has 1 aliphatic rings. The Morgan fingerprint density at radius 3 is 2.50 bits per heavy atom. The van der Waals surface area contributed by atoms with Crippen molar-refractivity contribution in [3.8, 4) is 17.2 Å². The zero-order valence-corrected chi connectivity index (χ0v) is 25.7. The van der Waals surface area contributed by atoms with Crippen LogP contribution >= 0.6 is 27.3 Å². The van der Waals surface area contributed by atoms with Gasteiger partial charge in [0.15, 0.2) is 16.3 Å². The number of aromatic nitrogens is 1. The normalized spacial score (nSPS) is 14.4. The summed E-state index contributed by atoms with van der Waals surface area (Å²) in [6, 6.07) is 20.1. The highest BCUT2D eigenvalue weighted by Gasteiger charge is 2.31. The number of benzene rings is 3. The lowest BCUT2D eigenvalue weighted by Crippen LogP contribution is -2.39. The first-order valence-electron chi connectivity index (χ1n) is 13.4. The van der Waals surface area contributed by atoms with Crippen molar-refractivity contribution in [3.63, 3.8) is 0 Å². The number of carbonyl (C=O) groups is 1. The lowest BCUT2D eigenvalue weighted by molar-refractivity contribution is -0.136. The van der Waals surface area contributed by atoms with E-state index in [0.717, 1.165) is 15.6 Å². The first kappa shape index (κ1) is 29.3. The molecule has 1 atom stereocenters. The van der Waals surface area contributed by atoms with E-state index in [-0.39, 0.29) is 11.1 Å².